The fourth-order valence-electron chi connectivity index (χ4n) is 2.90. The fraction of sp³-hybridized carbons (Fsp3) is 0.917. The second-order valence-corrected chi connectivity index (χ2v) is 5.22. The van der Waals surface area contributed by atoms with E-state index in [0.717, 1.165) is 0 Å². The quantitative estimate of drug-likeness (QED) is 0.785. The molecule has 1 aliphatic carbocycles. The average Bonchev–Trinajstić information content (AvgIpc) is 2.67. The summed E-state index contributed by atoms with van der Waals surface area (Å²) in [7, 11) is 0. The minimum absolute atomic E-state index is 0.156. The van der Waals surface area contributed by atoms with Crippen molar-refractivity contribution in [2.75, 3.05) is 13.2 Å². The molecule has 2 rings (SSSR count). The molecule has 0 aromatic heterocycles. The molecule has 16 heavy (non-hydrogen) atoms. The van der Waals surface area contributed by atoms with E-state index in [9.17, 15) is 9.90 Å². The second kappa shape index (κ2) is 4.00. The van der Waals surface area contributed by atoms with E-state index in [1.807, 2.05) is 13.8 Å². The van der Waals surface area contributed by atoms with Gasteiger partial charge in [-0.3, -0.25) is 4.79 Å². The first-order valence-corrected chi connectivity index (χ1v) is 6.02. The Kier molecular flexibility index (Phi) is 2.97. The summed E-state index contributed by atoms with van der Waals surface area (Å²) >= 11 is 0. The predicted molar refractivity (Wildman–Crippen MR) is 58.0 cm³/mol. The van der Waals surface area contributed by atoms with E-state index >= 15 is 0 Å². The number of hydrogen-bond donors (Lipinski definition) is 1. The molecule has 1 aliphatic heterocycles. The van der Waals surface area contributed by atoms with Crippen molar-refractivity contribution < 1.29 is 19.4 Å². The van der Waals surface area contributed by atoms with Gasteiger partial charge >= 0.3 is 5.97 Å². The zero-order valence-corrected chi connectivity index (χ0v) is 9.99. The molecule has 0 aromatic carbocycles. The van der Waals surface area contributed by atoms with Crippen LogP contribution in [0.3, 0.4) is 0 Å². The van der Waals surface area contributed by atoms with Gasteiger partial charge in [0.15, 0.2) is 5.79 Å². The third-order valence-electron chi connectivity index (χ3n) is 4.25. The van der Waals surface area contributed by atoms with Crippen LogP contribution in [-0.2, 0) is 14.3 Å². The molecule has 1 spiro atoms. The number of hydrogen-bond acceptors (Lipinski definition) is 3. The van der Waals surface area contributed by atoms with E-state index in [1.165, 1.54) is 0 Å². The molecule has 1 N–H and O–H groups in total. The van der Waals surface area contributed by atoms with Gasteiger partial charge in [0.2, 0.25) is 0 Å². The summed E-state index contributed by atoms with van der Waals surface area (Å²) in [5.74, 6) is -0.979. The smallest absolute Gasteiger partial charge is 0.309 e. The van der Waals surface area contributed by atoms with Crippen molar-refractivity contribution in [2.24, 2.45) is 11.3 Å². The van der Waals surface area contributed by atoms with Crippen molar-refractivity contribution in [3.8, 4) is 0 Å². The van der Waals surface area contributed by atoms with Crippen molar-refractivity contribution >= 4 is 5.97 Å². The highest BCUT2D eigenvalue weighted by Crippen LogP contribution is 2.48. The van der Waals surface area contributed by atoms with Gasteiger partial charge in [0, 0.05) is 12.8 Å². The van der Waals surface area contributed by atoms with Crippen LogP contribution in [0, 0.1) is 11.3 Å². The Morgan fingerprint density at radius 3 is 2.00 bits per heavy atom. The standard InChI is InChI=1S/C12H20O4/c1-9(2)11(10(13)14)3-5-12(6-4-11)15-7-8-16-12/h9H,3-8H2,1-2H3,(H,13,14). The van der Waals surface area contributed by atoms with Crippen LogP contribution in [0.2, 0.25) is 0 Å². The molecule has 1 heterocycles. The van der Waals surface area contributed by atoms with Gasteiger partial charge in [0.25, 0.3) is 0 Å². The van der Waals surface area contributed by atoms with Crippen molar-refractivity contribution in [1.29, 1.82) is 0 Å². The molecule has 92 valence electrons. The van der Waals surface area contributed by atoms with Crippen LogP contribution >= 0.6 is 0 Å². The zero-order valence-electron chi connectivity index (χ0n) is 9.99. The lowest BCUT2D eigenvalue weighted by Crippen LogP contribution is -2.46. The highest BCUT2D eigenvalue weighted by Gasteiger charge is 2.51. The number of carbonyl (C=O) groups is 1. The van der Waals surface area contributed by atoms with E-state index in [4.69, 9.17) is 9.47 Å². The van der Waals surface area contributed by atoms with E-state index in [-0.39, 0.29) is 5.92 Å². The Hall–Kier alpha value is -0.610. The van der Waals surface area contributed by atoms with Gasteiger partial charge in [0.05, 0.1) is 18.6 Å². The number of carboxylic acid groups (broad SMARTS) is 1. The number of aliphatic carboxylic acids is 1. The van der Waals surface area contributed by atoms with Gasteiger partial charge in [-0.1, -0.05) is 13.8 Å². The summed E-state index contributed by atoms with van der Waals surface area (Å²) < 4.78 is 11.2. The lowest BCUT2D eigenvalue weighted by Gasteiger charge is -2.43. The van der Waals surface area contributed by atoms with Gasteiger partial charge in [-0.25, -0.2) is 0 Å². The first-order valence-electron chi connectivity index (χ1n) is 6.02. The molecule has 0 radical (unpaired) electrons. The van der Waals surface area contributed by atoms with Crippen molar-refractivity contribution in [2.45, 2.75) is 45.3 Å². The SMILES string of the molecule is CC(C)C1(C(=O)O)CCC2(CC1)OCCO2. The Bertz CT molecular complexity index is 269. The van der Waals surface area contributed by atoms with Crippen LogP contribution in [0.1, 0.15) is 39.5 Å². The van der Waals surface area contributed by atoms with Gasteiger partial charge in [0.1, 0.15) is 0 Å². The lowest BCUT2D eigenvalue weighted by atomic mass is 9.65. The van der Waals surface area contributed by atoms with E-state index in [2.05, 4.69) is 0 Å². The minimum atomic E-state index is -0.671. The van der Waals surface area contributed by atoms with Crippen molar-refractivity contribution in [1.82, 2.24) is 0 Å². The van der Waals surface area contributed by atoms with Crippen LogP contribution < -0.4 is 0 Å². The van der Waals surface area contributed by atoms with Gasteiger partial charge in [-0.2, -0.15) is 0 Å². The minimum Gasteiger partial charge on any atom is -0.481 e. The van der Waals surface area contributed by atoms with Gasteiger partial charge < -0.3 is 14.6 Å². The van der Waals surface area contributed by atoms with Crippen LogP contribution in [-0.4, -0.2) is 30.1 Å². The van der Waals surface area contributed by atoms with Crippen LogP contribution in [0.25, 0.3) is 0 Å². The highest BCUT2D eigenvalue weighted by atomic mass is 16.7. The lowest BCUT2D eigenvalue weighted by molar-refractivity contribution is -0.201. The van der Waals surface area contributed by atoms with Crippen LogP contribution in [0.4, 0.5) is 0 Å². The maximum atomic E-state index is 11.4. The first kappa shape index (κ1) is 11.9. The molecule has 1 saturated heterocycles. The second-order valence-electron chi connectivity index (χ2n) is 5.22. The topological polar surface area (TPSA) is 55.8 Å². The molecule has 0 aromatic rings. The van der Waals surface area contributed by atoms with Crippen molar-refractivity contribution in [3.05, 3.63) is 0 Å². The number of carboxylic acids is 1. The Labute approximate surface area is 95.9 Å². The zero-order chi connectivity index (χ0) is 11.8. The Morgan fingerprint density at radius 2 is 1.62 bits per heavy atom. The normalized spacial score (nSPS) is 27.4. The molecule has 0 amide bonds. The van der Waals surface area contributed by atoms with E-state index in [0.29, 0.717) is 38.9 Å². The molecule has 0 bridgehead atoms. The average molecular weight is 228 g/mol. The number of rotatable bonds is 2. The van der Waals surface area contributed by atoms with Gasteiger partial charge in [-0.15, -0.1) is 0 Å². The van der Waals surface area contributed by atoms with Crippen molar-refractivity contribution in [3.63, 3.8) is 0 Å². The van der Waals surface area contributed by atoms with Gasteiger partial charge in [-0.05, 0) is 18.8 Å². The van der Waals surface area contributed by atoms with E-state index < -0.39 is 17.2 Å². The largest absolute Gasteiger partial charge is 0.481 e. The third-order valence-corrected chi connectivity index (χ3v) is 4.25. The molecule has 0 atom stereocenters. The predicted octanol–water partition coefficient (Wildman–Crippen LogP) is 2.03. The summed E-state index contributed by atoms with van der Waals surface area (Å²) in [6.45, 7) is 5.26. The molecule has 2 fully saturated rings. The summed E-state index contributed by atoms with van der Waals surface area (Å²) in [4.78, 5) is 11.4. The molecular formula is C12H20O4. The summed E-state index contributed by atoms with van der Waals surface area (Å²) in [5.41, 5.74) is -0.583. The monoisotopic (exact) mass is 228 g/mol. The molecule has 4 nitrogen and oxygen atoms in total. The summed E-state index contributed by atoms with van der Waals surface area (Å²) in [6.07, 6.45) is 2.72. The molecular weight excluding hydrogens is 208 g/mol. The molecule has 1 saturated carbocycles. The van der Waals surface area contributed by atoms with Crippen LogP contribution in [0.15, 0.2) is 0 Å². The summed E-state index contributed by atoms with van der Waals surface area (Å²) in [6, 6.07) is 0. The fourth-order valence-corrected chi connectivity index (χ4v) is 2.90. The maximum absolute atomic E-state index is 11.4. The molecule has 4 heteroatoms. The van der Waals surface area contributed by atoms with Crippen LogP contribution in [0.5, 0.6) is 0 Å². The maximum Gasteiger partial charge on any atom is 0.309 e. The summed E-state index contributed by atoms with van der Waals surface area (Å²) in [5, 5.41) is 9.41. The Morgan fingerprint density at radius 1 is 1.12 bits per heavy atom. The highest BCUT2D eigenvalue weighted by molar-refractivity contribution is 5.75. The molecule has 2 aliphatic rings. The first-order chi connectivity index (χ1) is 7.51. The Balaban J connectivity index is 2.09. The third kappa shape index (κ3) is 1.74. The molecule has 0 unspecified atom stereocenters. The van der Waals surface area contributed by atoms with E-state index in [1.54, 1.807) is 0 Å². The number of ether oxygens (including phenoxy) is 2.